The molecule has 2 heterocycles. The van der Waals surface area contributed by atoms with Crippen LogP contribution in [0.2, 0.25) is 0 Å². The fourth-order valence-electron chi connectivity index (χ4n) is 4.21. The first-order valence-electron chi connectivity index (χ1n) is 9.11. The van der Waals surface area contributed by atoms with E-state index in [0.29, 0.717) is 25.4 Å². The van der Waals surface area contributed by atoms with Crippen molar-refractivity contribution in [3.8, 4) is 0 Å². The van der Waals surface area contributed by atoms with Crippen molar-refractivity contribution in [3.63, 3.8) is 0 Å². The van der Waals surface area contributed by atoms with Crippen molar-refractivity contribution < 1.29 is 8.42 Å². The SMILES string of the molecule is CCNC(=NCCN1CCCS1(=O)=O)N1CC2CCCCC2C1.I. The first-order valence-corrected chi connectivity index (χ1v) is 10.7. The van der Waals surface area contributed by atoms with Crippen molar-refractivity contribution in [2.75, 3.05) is 45.0 Å². The van der Waals surface area contributed by atoms with Gasteiger partial charge in [0.05, 0.1) is 12.3 Å². The van der Waals surface area contributed by atoms with Crippen molar-refractivity contribution in [1.29, 1.82) is 0 Å². The summed E-state index contributed by atoms with van der Waals surface area (Å²) in [5.74, 6) is 2.92. The van der Waals surface area contributed by atoms with Crippen LogP contribution in [0.3, 0.4) is 0 Å². The zero-order chi connectivity index (χ0) is 16.3. The molecule has 0 aromatic carbocycles. The quantitative estimate of drug-likeness (QED) is 0.386. The predicted molar refractivity (Wildman–Crippen MR) is 108 cm³/mol. The van der Waals surface area contributed by atoms with E-state index >= 15 is 0 Å². The highest BCUT2D eigenvalue weighted by atomic mass is 127. The summed E-state index contributed by atoms with van der Waals surface area (Å²) < 4.78 is 25.3. The number of nitrogens with one attached hydrogen (secondary N) is 1. The van der Waals surface area contributed by atoms with Crippen LogP contribution in [0.15, 0.2) is 4.99 Å². The lowest BCUT2D eigenvalue weighted by atomic mass is 9.82. The highest BCUT2D eigenvalue weighted by Crippen LogP contribution is 2.35. The van der Waals surface area contributed by atoms with E-state index in [9.17, 15) is 8.42 Å². The Kier molecular flexibility index (Phi) is 7.60. The van der Waals surface area contributed by atoms with E-state index in [0.717, 1.165) is 43.9 Å². The molecule has 0 bridgehead atoms. The molecule has 2 unspecified atom stereocenters. The predicted octanol–water partition coefficient (Wildman–Crippen LogP) is 1.73. The standard InChI is InChI=1S/C16H30N4O2S.HI/c1-2-17-16(18-8-10-20-9-5-11-23(20,21)22)19-12-14-6-3-4-7-15(14)13-19;/h14-15H,2-13H2,1H3,(H,17,18);1H. The van der Waals surface area contributed by atoms with Gasteiger partial charge in [-0.25, -0.2) is 12.7 Å². The third-order valence-electron chi connectivity index (χ3n) is 5.42. The Bertz CT molecular complexity index is 526. The Morgan fingerprint density at radius 2 is 1.83 bits per heavy atom. The third kappa shape index (κ3) is 4.75. The van der Waals surface area contributed by atoms with E-state index in [1.807, 2.05) is 0 Å². The maximum absolute atomic E-state index is 11.8. The Morgan fingerprint density at radius 3 is 2.38 bits per heavy atom. The molecule has 3 rings (SSSR count). The van der Waals surface area contributed by atoms with Crippen LogP contribution >= 0.6 is 24.0 Å². The number of aliphatic imine (C=N–C) groups is 1. The molecule has 0 aromatic heterocycles. The van der Waals surface area contributed by atoms with Crippen molar-refractivity contribution in [1.82, 2.24) is 14.5 Å². The molecule has 0 radical (unpaired) electrons. The van der Waals surface area contributed by atoms with Gasteiger partial charge in [-0.05, 0) is 38.0 Å². The van der Waals surface area contributed by atoms with Gasteiger partial charge in [0.15, 0.2) is 5.96 Å². The topological polar surface area (TPSA) is 65.0 Å². The monoisotopic (exact) mass is 470 g/mol. The Hall–Kier alpha value is -0.0900. The number of halogens is 1. The highest BCUT2D eigenvalue weighted by molar-refractivity contribution is 14.0. The zero-order valence-electron chi connectivity index (χ0n) is 14.6. The highest BCUT2D eigenvalue weighted by Gasteiger charge is 2.35. The minimum Gasteiger partial charge on any atom is -0.357 e. The van der Waals surface area contributed by atoms with Crippen molar-refractivity contribution in [2.24, 2.45) is 16.8 Å². The summed E-state index contributed by atoms with van der Waals surface area (Å²) >= 11 is 0. The number of nitrogens with zero attached hydrogens (tertiary/aromatic N) is 3. The molecule has 6 nitrogen and oxygen atoms in total. The number of hydrogen-bond donors (Lipinski definition) is 1. The van der Waals surface area contributed by atoms with Gasteiger partial charge in [-0.15, -0.1) is 24.0 Å². The Morgan fingerprint density at radius 1 is 1.17 bits per heavy atom. The van der Waals surface area contributed by atoms with E-state index in [4.69, 9.17) is 4.99 Å². The molecular weight excluding hydrogens is 439 g/mol. The molecule has 2 saturated heterocycles. The van der Waals surface area contributed by atoms with Crippen LogP contribution in [0, 0.1) is 11.8 Å². The molecule has 1 saturated carbocycles. The number of fused-ring (bicyclic) bond motifs is 1. The number of likely N-dealkylation sites (tertiary alicyclic amines) is 1. The molecule has 3 aliphatic rings. The average Bonchev–Trinajstić information content (AvgIpc) is 3.09. The lowest BCUT2D eigenvalue weighted by molar-refractivity contribution is 0.299. The minimum atomic E-state index is -3.00. The van der Waals surface area contributed by atoms with E-state index in [2.05, 4.69) is 17.1 Å². The van der Waals surface area contributed by atoms with Gasteiger partial charge in [0.1, 0.15) is 0 Å². The van der Waals surface area contributed by atoms with Crippen molar-refractivity contribution in [2.45, 2.75) is 39.0 Å². The average molecular weight is 470 g/mol. The summed E-state index contributed by atoms with van der Waals surface area (Å²) in [6, 6.07) is 0. The summed E-state index contributed by atoms with van der Waals surface area (Å²) in [6.07, 6.45) is 6.20. The van der Waals surface area contributed by atoms with Gasteiger partial charge < -0.3 is 10.2 Å². The van der Waals surface area contributed by atoms with Gasteiger partial charge in [-0.1, -0.05) is 12.8 Å². The second-order valence-corrected chi connectivity index (χ2v) is 9.10. The van der Waals surface area contributed by atoms with Crippen molar-refractivity contribution in [3.05, 3.63) is 0 Å². The van der Waals surface area contributed by atoms with Crippen LogP contribution in [-0.4, -0.2) is 68.6 Å². The number of sulfonamides is 1. The van der Waals surface area contributed by atoms with Crippen LogP contribution < -0.4 is 5.32 Å². The van der Waals surface area contributed by atoms with Crippen molar-refractivity contribution >= 4 is 40.0 Å². The second kappa shape index (κ2) is 9.02. The van der Waals surface area contributed by atoms with Gasteiger partial charge in [0.25, 0.3) is 0 Å². The number of guanidine groups is 1. The van der Waals surface area contributed by atoms with E-state index < -0.39 is 10.0 Å². The molecule has 1 aliphatic carbocycles. The van der Waals surface area contributed by atoms with E-state index in [1.54, 1.807) is 4.31 Å². The molecule has 24 heavy (non-hydrogen) atoms. The van der Waals surface area contributed by atoms with Gasteiger partial charge in [-0.2, -0.15) is 0 Å². The molecule has 0 aromatic rings. The smallest absolute Gasteiger partial charge is 0.214 e. The molecule has 3 fully saturated rings. The van der Waals surface area contributed by atoms with Crippen LogP contribution in [0.5, 0.6) is 0 Å². The second-order valence-electron chi connectivity index (χ2n) is 7.01. The van der Waals surface area contributed by atoms with E-state index in [-0.39, 0.29) is 24.0 Å². The fraction of sp³-hybridized carbons (Fsp3) is 0.938. The largest absolute Gasteiger partial charge is 0.357 e. The van der Waals surface area contributed by atoms with Crippen LogP contribution in [0.4, 0.5) is 0 Å². The number of hydrogen-bond acceptors (Lipinski definition) is 3. The van der Waals surface area contributed by atoms with Crippen LogP contribution in [-0.2, 0) is 10.0 Å². The maximum Gasteiger partial charge on any atom is 0.214 e. The molecular formula is C16H31IN4O2S. The summed E-state index contributed by atoms with van der Waals surface area (Å²) in [5, 5.41) is 3.39. The third-order valence-corrected chi connectivity index (χ3v) is 7.38. The van der Waals surface area contributed by atoms with Gasteiger partial charge in [0, 0.05) is 32.7 Å². The first-order chi connectivity index (χ1) is 11.1. The van der Waals surface area contributed by atoms with Gasteiger partial charge in [-0.3, -0.25) is 4.99 Å². The molecule has 2 aliphatic heterocycles. The van der Waals surface area contributed by atoms with Crippen LogP contribution in [0.25, 0.3) is 0 Å². The summed E-state index contributed by atoms with van der Waals surface area (Å²) in [7, 11) is -3.00. The minimum absolute atomic E-state index is 0. The molecule has 8 heteroatoms. The fourth-order valence-corrected chi connectivity index (χ4v) is 5.73. The normalized spacial score (nSPS) is 30.0. The zero-order valence-corrected chi connectivity index (χ0v) is 17.8. The lowest BCUT2D eigenvalue weighted by Crippen LogP contribution is -2.41. The van der Waals surface area contributed by atoms with Crippen LogP contribution in [0.1, 0.15) is 39.0 Å². The van der Waals surface area contributed by atoms with E-state index in [1.165, 1.54) is 25.7 Å². The molecule has 1 N–H and O–H groups in total. The van der Waals surface area contributed by atoms with Gasteiger partial charge in [0.2, 0.25) is 10.0 Å². The first kappa shape index (κ1) is 20.2. The Labute approximate surface area is 163 Å². The summed E-state index contributed by atoms with van der Waals surface area (Å²) in [4.78, 5) is 7.10. The molecule has 140 valence electrons. The molecule has 2 atom stereocenters. The lowest BCUT2D eigenvalue weighted by Gasteiger charge is -2.22. The maximum atomic E-state index is 11.8. The molecule has 0 amide bonds. The summed E-state index contributed by atoms with van der Waals surface area (Å²) in [5.41, 5.74) is 0. The van der Waals surface area contributed by atoms with Gasteiger partial charge >= 0.3 is 0 Å². The molecule has 0 spiro atoms. The summed E-state index contributed by atoms with van der Waals surface area (Å²) in [6.45, 7) is 6.88. The number of rotatable bonds is 4. The Balaban J connectivity index is 0.00000208.